The van der Waals surface area contributed by atoms with Crippen LogP contribution >= 0.6 is 11.6 Å². The maximum Gasteiger partial charge on any atom is 0.355 e. The van der Waals surface area contributed by atoms with Gasteiger partial charge in [0.15, 0.2) is 0 Å². The molecule has 2 aromatic carbocycles. The molecule has 0 radical (unpaired) electrons. The molecule has 0 atom stereocenters. The predicted octanol–water partition coefficient (Wildman–Crippen LogP) is 6.69. The number of urea groups is 1. The molecule has 2 amide bonds. The van der Waals surface area contributed by atoms with Crippen LogP contribution in [0.25, 0.3) is 5.69 Å². The number of methoxy groups -OCH3 is 1. The van der Waals surface area contributed by atoms with Crippen LogP contribution in [0.1, 0.15) is 43.7 Å². The molecule has 200 valence electrons. The fourth-order valence-corrected chi connectivity index (χ4v) is 4.45. The number of anilines is 3. The Morgan fingerprint density at radius 1 is 1.08 bits per heavy atom. The van der Waals surface area contributed by atoms with Crippen molar-refractivity contribution in [2.45, 2.75) is 27.7 Å². The second kappa shape index (κ2) is 12.5. The second-order valence-electron chi connectivity index (χ2n) is 9.66. The Morgan fingerprint density at radius 3 is 2.32 bits per heavy atom. The number of aromatic nitrogens is 1. The standard InChI is InChI=1S/C28H31ClFN5O3/c1-17(2)15-34(16-18(3)4)26-21(29)12-20(35-10-6-7-25(35)27(36)38-5)13-24(26)33-28(37)32-23-9-8-19(14-31)11-22(23)30/h6-13,17-18H,15-16H2,1-5H3,(H2,32,33,37). The number of carbonyl (C=O) groups is 2. The van der Waals surface area contributed by atoms with Crippen molar-refractivity contribution in [2.24, 2.45) is 11.8 Å². The average molecular weight is 540 g/mol. The van der Waals surface area contributed by atoms with Gasteiger partial charge in [-0.25, -0.2) is 14.0 Å². The van der Waals surface area contributed by atoms with Gasteiger partial charge in [0.1, 0.15) is 11.5 Å². The van der Waals surface area contributed by atoms with E-state index in [-0.39, 0.29) is 16.9 Å². The maximum absolute atomic E-state index is 14.4. The van der Waals surface area contributed by atoms with Gasteiger partial charge in [-0.15, -0.1) is 0 Å². The van der Waals surface area contributed by atoms with Gasteiger partial charge in [0.25, 0.3) is 0 Å². The minimum absolute atomic E-state index is 0.0788. The largest absolute Gasteiger partial charge is 0.464 e. The number of benzene rings is 2. The highest BCUT2D eigenvalue weighted by molar-refractivity contribution is 6.34. The van der Waals surface area contributed by atoms with Gasteiger partial charge in [0.2, 0.25) is 0 Å². The molecule has 0 aliphatic carbocycles. The van der Waals surface area contributed by atoms with Crippen LogP contribution in [-0.4, -0.2) is 36.8 Å². The summed E-state index contributed by atoms with van der Waals surface area (Å²) in [4.78, 5) is 27.4. The van der Waals surface area contributed by atoms with Gasteiger partial charge in [-0.1, -0.05) is 39.3 Å². The molecule has 0 bridgehead atoms. The van der Waals surface area contributed by atoms with Crippen LogP contribution < -0.4 is 15.5 Å². The molecular weight excluding hydrogens is 509 g/mol. The number of hydrogen-bond donors (Lipinski definition) is 2. The van der Waals surface area contributed by atoms with Gasteiger partial charge in [-0.3, -0.25) is 0 Å². The molecule has 10 heteroatoms. The first kappa shape index (κ1) is 28.5. The highest BCUT2D eigenvalue weighted by Crippen LogP contribution is 2.38. The van der Waals surface area contributed by atoms with Crippen LogP contribution in [0.4, 0.5) is 26.2 Å². The van der Waals surface area contributed by atoms with Gasteiger partial charge in [-0.05, 0) is 54.3 Å². The summed E-state index contributed by atoms with van der Waals surface area (Å²) in [5.74, 6) is -0.661. The highest BCUT2D eigenvalue weighted by atomic mass is 35.5. The lowest BCUT2D eigenvalue weighted by Crippen LogP contribution is -2.33. The number of ether oxygens (including phenoxy) is 1. The number of halogens is 2. The predicted molar refractivity (Wildman–Crippen MR) is 148 cm³/mol. The van der Waals surface area contributed by atoms with E-state index in [1.807, 2.05) is 6.07 Å². The first-order valence-electron chi connectivity index (χ1n) is 12.2. The summed E-state index contributed by atoms with van der Waals surface area (Å²) in [6.45, 7) is 9.71. The number of nitrogens with zero attached hydrogens (tertiary/aromatic N) is 3. The molecule has 0 unspecified atom stereocenters. The Balaban J connectivity index is 2.08. The van der Waals surface area contributed by atoms with Crippen molar-refractivity contribution in [3.63, 3.8) is 0 Å². The summed E-state index contributed by atoms with van der Waals surface area (Å²) < 4.78 is 20.9. The van der Waals surface area contributed by atoms with Gasteiger partial charge in [0, 0.05) is 25.0 Å². The summed E-state index contributed by atoms with van der Waals surface area (Å²) in [6, 6.07) is 11.7. The third-order valence-corrected chi connectivity index (χ3v) is 5.84. The molecule has 0 aliphatic heterocycles. The minimum Gasteiger partial charge on any atom is -0.464 e. The van der Waals surface area contributed by atoms with E-state index in [1.54, 1.807) is 35.0 Å². The Morgan fingerprint density at radius 2 is 1.74 bits per heavy atom. The Kier molecular flexibility index (Phi) is 9.37. The third-order valence-electron chi connectivity index (χ3n) is 5.55. The van der Waals surface area contributed by atoms with Crippen LogP contribution in [0.3, 0.4) is 0 Å². The van der Waals surface area contributed by atoms with E-state index in [2.05, 4.69) is 43.2 Å². The molecule has 1 aromatic heterocycles. The van der Waals surface area contributed by atoms with E-state index in [0.29, 0.717) is 47.0 Å². The van der Waals surface area contributed by atoms with Crippen LogP contribution in [0, 0.1) is 29.0 Å². The first-order valence-corrected chi connectivity index (χ1v) is 12.5. The molecule has 0 fully saturated rings. The van der Waals surface area contributed by atoms with Crippen LogP contribution in [0.2, 0.25) is 5.02 Å². The van der Waals surface area contributed by atoms with Crippen molar-refractivity contribution in [3.05, 3.63) is 70.8 Å². The summed E-state index contributed by atoms with van der Waals surface area (Å²) in [7, 11) is 1.30. The first-order chi connectivity index (χ1) is 18.0. The molecule has 0 saturated heterocycles. The van der Waals surface area contributed by atoms with Gasteiger partial charge in [0.05, 0.1) is 40.8 Å². The molecule has 0 saturated carbocycles. The Labute approximate surface area is 227 Å². The van der Waals surface area contributed by atoms with Gasteiger partial charge in [-0.2, -0.15) is 5.26 Å². The zero-order valence-corrected chi connectivity index (χ0v) is 22.8. The quantitative estimate of drug-likeness (QED) is 0.295. The van der Waals surface area contributed by atoms with Crippen molar-refractivity contribution >= 4 is 40.7 Å². The molecular formula is C28H31ClFN5O3. The lowest BCUT2D eigenvalue weighted by Gasteiger charge is -2.31. The summed E-state index contributed by atoms with van der Waals surface area (Å²) >= 11 is 6.85. The minimum atomic E-state index is -0.734. The van der Waals surface area contributed by atoms with E-state index >= 15 is 0 Å². The fraction of sp³-hybridized carbons (Fsp3) is 0.321. The summed E-state index contributed by atoms with van der Waals surface area (Å²) in [5, 5.41) is 14.6. The van der Waals surface area contributed by atoms with Crippen molar-refractivity contribution < 1.29 is 18.7 Å². The molecule has 1 heterocycles. The average Bonchev–Trinajstić information content (AvgIpc) is 3.33. The van der Waals surface area contributed by atoms with Gasteiger partial charge < -0.3 is 24.8 Å². The SMILES string of the molecule is COC(=O)c1cccn1-c1cc(Cl)c(N(CC(C)C)CC(C)C)c(NC(=O)Nc2ccc(C#N)cc2F)c1. The molecule has 0 aliphatic rings. The van der Waals surface area contributed by atoms with Crippen LogP contribution in [0.15, 0.2) is 48.7 Å². The monoisotopic (exact) mass is 539 g/mol. The third kappa shape index (κ3) is 6.84. The summed E-state index contributed by atoms with van der Waals surface area (Å²) in [6.07, 6.45) is 1.69. The number of hydrogen-bond acceptors (Lipinski definition) is 5. The smallest absolute Gasteiger partial charge is 0.355 e. The summed E-state index contributed by atoms with van der Waals surface area (Å²) in [5.41, 5.74) is 1.86. The molecule has 8 nitrogen and oxygen atoms in total. The molecule has 0 spiro atoms. The van der Waals surface area contributed by atoms with E-state index in [4.69, 9.17) is 21.6 Å². The Hall–Kier alpha value is -4.03. The number of esters is 1. The van der Waals surface area contributed by atoms with E-state index in [9.17, 15) is 14.0 Å². The van der Waals surface area contributed by atoms with Crippen molar-refractivity contribution in [2.75, 3.05) is 35.7 Å². The van der Waals surface area contributed by atoms with Crippen molar-refractivity contribution in [1.82, 2.24) is 4.57 Å². The maximum atomic E-state index is 14.4. The zero-order valence-electron chi connectivity index (χ0n) is 22.0. The molecule has 38 heavy (non-hydrogen) atoms. The van der Waals surface area contributed by atoms with Crippen molar-refractivity contribution in [1.29, 1.82) is 5.26 Å². The number of rotatable bonds is 9. The van der Waals surface area contributed by atoms with E-state index in [1.165, 1.54) is 19.2 Å². The van der Waals surface area contributed by atoms with Crippen LogP contribution in [-0.2, 0) is 4.74 Å². The highest BCUT2D eigenvalue weighted by Gasteiger charge is 2.22. The fourth-order valence-electron chi connectivity index (χ4n) is 4.12. The lowest BCUT2D eigenvalue weighted by molar-refractivity contribution is 0.0591. The normalized spacial score (nSPS) is 10.8. The molecule has 3 aromatic rings. The van der Waals surface area contributed by atoms with E-state index < -0.39 is 17.8 Å². The van der Waals surface area contributed by atoms with Crippen LogP contribution in [0.5, 0.6) is 0 Å². The molecule has 2 N–H and O–H groups in total. The number of carbonyl (C=O) groups excluding carboxylic acids is 2. The zero-order chi connectivity index (χ0) is 28.0. The second-order valence-corrected chi connectivity index (χ2v) is 10.1. The van der Waals surface area contributed by atoms with E-state index in [0.717, 1.165) is 6.07 Å². The Bertz CT molecular complexity index is 1350. The van der Waals surface area contributed by atoms with Gasteiger partial charge >= 0.3 is 12.0 Å². The topological polar surface area (TPSA) is 99.4 Å². The van der Waals surface area contributed by atoms with Crippen molar-refractivity contribution in [3.8, 4) is 11.8 Å². The number of nitriles is 1. The lowest BCUT2D eigenvalue weighted by atomic mass is 10.1. The number of amides is 2. The molecule has 3 rings (SSSR count). The number of nitrogens with one attached hydrogen (secondary N) is 2.